The van der Waals surface area contributed by atoms with E-state index >= 15 is 0 Å². The van der Waals surface area contributed by atoms with Gasteiger partial charge in [-0.1, -0.05) is 18.2 Å². The smallest absolute Gasteiger partial charge is 0.126 e. The van der Waals surface area contributed by atoms with E-state index in [-0.39, 0.29) is 0 Å². The second-order valence-electron chi connectivity index (χ2n) is 6.24. The fraction of sp³-hybridized carbons (Fsp3) is 0.471. The number of ether oxygens (including phenoxy) is 1. The molecule has 5 nitrogen and oxygen atoms in total. The third-order valence-electron chi connectivity index (χ3n) is 4.64. The Morgan fingerprint density at radius 3 is 3.32 bits per heavy atom. The fourth-order valence-electron chi connectivity index (χ4n) is 3.43. The van der Waals surface area contributed by atoms with Gasteiger partial charge < -0.3 is 15.4 Å². The first kappa shape index (κ1) is 13.6. The molecular weight excluding hydrogens is 276 g/mol. The summed E-state index contributed by atoms with van der Waals surface area (Å²) in [4.78, 5) is 0. The van der Waals surface area contributed by atoms with Crippen molar-refractivity contribution in [1.29, 1.82) is 0 Å². The summed E-state index contributed by atoms with van der Waals surface area (Å²) in [7, 11) is 0. The topological polar surface area (TPSA) is 51.1 Å². The molecule has 4 rings (SSSR count). The van der Waals surface area contributed by atoms with Gasteiger partial charge in [-0.3, -0.25) is 0 Å². The Labute approximate surface area is 130 Å². The lowest BCUT2D eigenvalue weighted by Crippen LogP contribution is -2.38. The second kappa shape index (κ2) is 5.65. The van der Waals surface area contributed by atoms with Gasteiger partial charge in [0.1, 0.15) is 11.6 Å². The predicted molar refractivity (Wildman–Crippen MR) is 86.2 cm³/mol. The fourth-order valence-corrected chi connectivity index (χ4v) is 3.43. The van der Waals surface area contributed by atoms with Crippen LogP contribution in [-0.4, -0.2) is 29.5 Å². The van der Waals surface area contributed by atoms with Gasteiger partial charge in [-0.15, -0.1) is 0 Å². The van der Waals surface area contributed by atoms with Crippen LogP contribution in [0.15, 0.2) is 30.5 Å². The molecule has 2 atom stereocenters. The average Bonchev–Trinajstić information content (AvgIpc) is 3.01. The highest BCUT2D eigenvalue weighted by molar-refractivity contribution is 5.43. The van der Waals surface area contributed by atoms with Gasteiger partial charge in [0.2, 0.25) is 0 Å². The van der Waals surface area contributed by atoms with Gasteiger partial charge in [0.05, 0.1) is 12.8 Å². The highest BCUT2D eigenvalue weighted by Crippen LogP contribution is 2.34. The molecule has 2 aliphatic rings. The number of aryl methyl sites for hydroxylation is 1. The van der Waals surface area contributed by atoms with Crippen molar-refractivity contribution in [3.63, 3.8) is 0 Å². The molecule has 0 spiro atoms. The van der Waals surface area contributed by atoms with Crippen molar-refractivity contribution in [1.82, 2.24) is 15.1 Å². The lowest BCUT2D eigenvalue weighted by atomic mass is 9.97. The van der Waals surface area contributed by atoms with Crippen LogP contribution < -0.4 is 15.4 Å². The SMILES string of the molecule is Cc1cccc2c1OCC[C@H]2NC[C@@H]1CNc2ccnn2C1. The quantitative estimate of drug-likeness (QED) is 0.913. The van der Waals surface area contributed by atoms with E-state index in [1.165, 1.54) is 11.1 Å². The van der Waals surface area contributed by atoms with Crippen molar-refractivity contribution < 1.29 is 4.74 Å². The lowest BCUT2D eigenvalue weighted by molar-refractivity contribution is 0.244. The molecule has 0 aliphatic carbocycles. The van der Waals surface area contributed by atoms with Crippen LogP contribution in [0.1, 0.15) is 23.6 Å². The summed E-state index contributed by atoms with van der Waals surface area (Å²) in [5.74, 6) is 2.76. The zero-order chi connectivity index (χ0) is 14.9. The Kier molecular flexibility index (Phi) is 3.50. The van der Waals surface area contributed by atoms with Gasteiger partial charge in [-0.2, -0.15) is 5.10 Å². The lowest BCUT2D eigenvalue weighted by Gasteiger charge is -2.31. The minimum atomic E-state index is 0.391. The molecule has 5 heteroatoms. The number of aromatic nitrogens is 2. The van der Waals surface area contributed by atoms with E-state index in [2.05, 4.69) is 45.5 Å². The number of para-hydroxylation sites is 1. The van der Waals surface area contributed by atoms with Crippen LogP contribution in [0.4, 0.5) is 5.82 Å². The molecule has 0 unspecified atom stereocenters. The summed E-state index contributed by atoms with van der Waals surface area (Å²) in [6.07, 6.45) is 2.89. The molecule has 2 aromatic rings. The van der Waals surface area contributed by atoms with Gasteiger partial charge in [0, 0.05) is 49.6 Å². The minimum Gasteiger partial charge on any atom is -0.493 e. The largest absolute Gasteiger partial charge is 0.493 e. The summed E-state index contributed by atoms with van der Waals surface area (Å²) in [5, 5.41) is 11.5. The predicted octanol–water partition coefficient (Wildman–Crippen LogP) is 2.35. The molecule has 1 aromatic carbocycles. The van der Waals surface area contributed by atoms with Gasteiger partial charge in [0.25, 0.3) is 0 Å². The highest BCUT2D eigenvalue weighted by atomic mass is 16.5. The number of nitrogens with zero attached hydrogens (tertiary/aromatic N) is 2. The van der Waals surface area contributed by atoms with Gasteiger partial charge in [-0.25, -0.2) is 4.68 Å². The molecule has 0 fully saturated rings. The van der Waals surface area contributed by atoms with Crippen LogP contribution in [0, 0.1) is 12.8 Å². The van der Waals surface area contributed by atoms with Crippen molar-refractivity contribution in [2.24, 2.45) is 5.92 Å². The van der Waals surface area contributed by atoms with Crippen LogP contribution in [0.2, 0.25) is 0 Å². The third kappa shape index (κ3) is 2.46. The Morgan fingerprint density at radius 1 is 1.41 bits per heavy atom. The molecule has 2 N–H and O–H groups in total. The van der Waals surface area contributed by atoms with Crippen LogP contribution >= 0.6 is 0 Å². The number of hydrogen-bond donors (Lipinski definition) is 2. The number of fused-ring (bicyclic) bond motifs is 2. The number of benzene rings is 1. The Morgan fingerprint density at radius 2 is 2.36 bits per heavy atom. The molecule has 0 radical (unpaired) electrons. The maximum absolute atomic E-state index is 5.85. The molecule has 0 amide bonds. The third-order valence-corrected chi connectivity index (χ3v) is 4.64. The molecule has 0 saturated heterocycles. The van der Waals surface area contributed by atoms with Crippen LogP contribution in [0.25, 0.3) is 0 Å². The summed E-state index contributed by atoms with van der Waals surface area (Å²) in [6, 6.07) is 8.84. The monoisotopic (exact) mass is 298 g/mol. The zero-order valence-electron chi connectivity index (χ0n) is 12.9. The van der Waals surface area contributed by atoms with E-state index in [1.54, 1.807) is 0 Å². The average molecular weight is 298 g/mol. The Balaban J connectivity index is 1.42. The van der Waals surface area contributed by atoms with Gasteiger partial charge in [-0.05, 0) is 12.5 Å². The Bertz CT molecular complexity index is 666. The van der Waals surface area contributed by atoms with Gasteiger partial charge in [0.15, 0.2) is 0 Å². The summed E-state index contributed by atoms with van der Waals surface area (Å²) in [5.41, 5.74) is 2.53. The molecule has 0 bridgehead atoms. The van der Waals surface area contributed by atoms with E-state index in [9.17, 15) is 0 Å². The van der Waals surface area contributed by atoms with Crippen molar-refractivity contribution in [3.8, 4) is 5.75 Å². The number of rotatable bonds is 3. The molecular formula is C17H22N4O. The van der Waals surface area contributed by atoms with E-state index in [0.29, 0.717) is 12.0 Å². The first-order chi connectivity index (χ1) is 10.8. The minimum absolute atomic E-state index is 0.391. The van der Waals surface area contributed by atoms with E-state index in [1.807, 2.05) is 12.3 Å². The first-order valence-corrected chi connectivity index (χ1v) is 8.02. The molecule has 0 saturated carbocycles. The van der Waals surface area contributed by atoms with Crippen LogP contribution in [-0.2, 0) is 6.54 Å². The maximum Gasteiger partial charge on any atom is 0.126 e. The van der Waals surface area contributed by atoms with Crippen molar-refractivity contribution in [3.05, 3.63) is 41.6 Å². The first-order valence-electron chi connectivity index (χ1n) is 8.02. The summed E-state index contributed by atoms with van der Waals surface area (Å²) < 4.78 is 7.90. The van der Waals surface area contributed by atoms with E-state index in [4.69, 9.17) is 4.74 Å². The molecule has 1 aromatic heterocycles. The molecule has 3 heterocycles. The molecule has 116 valence electrons. The Hall–Kier alpha value is -2.01. The van der Waals surface area contributed by atoms with Gasteiger partial charge >= 0.3 is 0 Å². The molecule has 22 heavy (non-hydrogen) atoms. The van der Waals surface area contributed by atoms with Crippen LogP contribution in [0.5, 0.6) is 5.75 Å². The normalized spacial score (nSPS) is 23.1. The number of hydrogen-bond acceptors (Lipinski definition) is 4. The standard InChI is InChI=1S/C17H22N4O/c1-12-3-2-4-14-15(6-8-22-17(12)14)18-9-13-10-19-16-5-7-20-21(16)11-13/h2-5,7,13,15,18-19H,6,8-11H2,1H3/t13-,15-/m1/s1. The second-order valence-corrected chi connectivity index (χ2v) is 6.24. The highest BCUT2D eigenvalue weighted by Gasteiger charge is 2.24. The zero-order valence-corrected chi connectivity index (χ0v) is 12.9. The van der Waals surface area contributed by atoms with Crippen molar-refractivity contribution in [2.45, 2.75) is 25.9 Å². The van der Waals surface area contributed by atoms with E-state index in [0.717, 1.165) is 44.2 Å². The van der Waals surface area contributed by atoms with Crippen LogP contribution in [0.3, 0.4) is 0 Å². The summed E-state index contributed by atoms with van der Waals surface area (Å²) >= 11 is 0. The molecule has 2 aliphatic heterocycles. The van der Waals surface area contributed by atoms with Crippen molar-refractivity contribution >= 4 is 5.82 Å². The maximum atomic E-state index is 5.85. The number of nitrogens with one attached hydrogen (secondary N) is 2. The van der Waals surface area contributed by atoms with Crippen molar-refractivity contribution in [2.75, 3.05) is 25.0 Å². The summed E-state index contributed by atoms with van der Waals surface area (Å²) in [6.45, 7) is 5.88. The van der Waals surface area contributed by atoms with E-state index < -0.39 is 0 Å². The number of anilines is 1.